The fraction of sp³-hybridized carbons (Fsp3) is 0. The molecule has 0 saturated heterocycles. The van der Waals surface area contributed by atoms with Crippen LogP contribution >= 0.6 is 7.94 Å². The lowest BCUT2D eigenvalue weighted by atomic mass is 13.9. The molecule has 0 radical (unpaired) electrons. The van der Waals surface area contributed by atoms with Crippen LogP contribution in [0.1, 0.15) is 0 Å². The van der Waals surface area contributed by atoms with Gasteiger partial charge in [0.1, 0.15) is 0 Å². The van der Waals surface area contributed by atoms with Crippen LogP contribution in [0.25, 0.3) is 0 Å². The molecule has 0 aromatic rings. The molecule has 0 rings (SSSR count). The molecule has 1 unspecified atom stereocenters. The normalized spacial score (nSPS) is 10.8. The molecule has 4 heteroatoms. The first-order chi connectivity index (χ1) is 1.73. The van der Waals surface area contributed by atoms with Gasteiger partial charge >= 0.3 is 0 Å². The predicted octanol–water partition coefficient (Wildman–Crippen LogP) is -0.271. The maximum Gasteiger partial charge on any atom is 0.258 e. The van der Waals surface area contributed by atoms with E-state index in [-0.39, 0.29) is 0 Å². The minimum Gasteiger partial charge on any atom is -0.313 e. The number of hydrogen-bond donors (Lipinski definition) is 2. The van der Waals surface area contributed by atoms with Crippen LogP contribution in [-0.4, -0.2) is 4.89 Å². The second-order valence-electron chi connectivity index (χ2n) is 0.320. The summed E-state index contributed by atoms with van der Waals surface area (Å²) >= 11 is 0. The van der Waals surface area contributed by atoms with E-state index >= 15 is 0 Å². The smallest absolute Gasteiger partial charge is 0.258 e. The Morgan fingerprint density at radius 1 is 2.00 bits per heavy atom. The Labute approximate surface area is 24.5 Å². The van der Waals surface area contributed by atoms with Crippen LogP contribution in [0.3, 0.4) is 0 Å². The first-order valence-corrected chi connectivity index (χ1v) is 1.97. The highest BCUT2D eigenvalue weighted by atomic mass is 31.1. The molecule has 0 aliphatic heterocycles. The zero-order valence-electron chi connectivity index (χ0n) is 1.92. The minimum atomic E-state index is -2.12. The molecule has 0 aromatic carbocycles. The van der Waals surface area contributed by atoms with Crippen molar-refractivity contribution in [1.29, 1.82) is 5.00 Å². The van der Waals surface area contributed by atoms with Gasteiger partial charge < -0.3 is 4.89 Å². The molecule has 0 spiro atoms. The van der Waals surface area contributed by atoms with Gasteiger partial charge in [0, 0.05) is 0 Å². The largest absolute Gasteiger partial charge is 0.313 e. The third-order valence-electron chi connectivity index (χ3n) is 0. The van der Waals surface area contributed by atoms with Gasteiger partial charge in [-0.25, -0.2) is 5.50 Å². The molecular weight excluding hydrogens is 75.0 g/mol. The van der Waals surface area contributed by atoms with Crippen LogP contribution < -0.4 is 5.50 Å². The van der Waals surface area contributed by atoms with E-state index in [0.29, 0.717) is 0 Å². The van der Waals surface area contributed by atoms with Crippen LogP contribution in [0, 0.1) is 5.00 Å². The average Bonchev–Trinajstić information content (AvgIpc) is 0.811. The molecule has 0 aliphatic carbocycles. The molecular formula is H3N2OP. The molecule has 0 saturated carbocycles. The van der Waals surface area contributed by atoms with E-state index in [1.807, 2.05) is 0 Å². The van der Waals surface area contributed by atoms with Crippen LogP contribution in [0.4, 0.5) is 0 Å². The van der Waals surface area contributed by atoms with Gasteiger partial charge in [0.25, 0.3) is 7.94 Å². The Morgan fingerprint density at radius 2 is 2.00 bits per heavy atom. The Hall–Kier alpha value is -0.0700. The van der Waals surface area contributed by atoms with Gasteiger partial charge in [-0.15, -0.1) is 0 Å². The lowest BCUT2D eigenvalue weighted by molar-refractivity contribution is 0.638. The summed E-state index contributed by atoms with van der Waals surface area (Å²) in [5, 5.41) is 7.45. The van der Waals surface area contributed by atoms with E-state index in [1.54, 1.807) is 0 Å². The second kappa shape index (κ2) is 1.27. The van der Waals surface area contributed by atoms with E-state index in [0.717, 1.165) is 0 Å². The van der Waals surface area contributed by atoms with Crippen molar-refractivity contribution in [3.05, 3.63) is 0 Å². The van der Waals surface area contributed by atoms with E-state index in [2.05, 4.69) is 5.50 Å². The summed E-state index contributed by atoms with van der Waals surface area (Å²) in [6.07, 6.45) is 0. The van der Waals surface area contributed by atoms with Crippen molar-refractivity contribution in [2.45, 2.75) is 0 Å². The van der Waals surface area contributed by atoms with Gasteiger partial charge in [0.15, 0.2) is 0 Å². The molecule has 0 heterocycles. The van der Waals surface area contributed by atoms with Crippen molar-refractivity contribution in [2.24, 2.45) is 5.50 Å². The fourth-order valence-electron chi connectivity index (χ4n) is 0. The number of hydrogen-bond acceptors (Lipinski definition) is 3. The van der Waals surface area contributed by atoms with Crippen LogP contribution in [0.2, 0.25) is 0 Å². The van der Waals surface area contributed by atoms with Crippen molar-refractivity contribution < 1.29 is 4.89 Å². The highest BCUT2D eigenvalue weighted by Crippen LogP contribution is 1.86. The van der Waals surface area contributed by atoms with Gasteiger partial charge in [-0.2, -0.15) is 5.00 Å². The van der Waals surface area contributed by atoms with Crippen molar-refractivity contribution in [1.82, 2.24) is 0 Å². The second-order valence-corrected chi connectivity index (χ2v) is 0.961. The minimum absolute atomic E-state index is 2.12. The first-order valence-electron chi connectivity index (χ1n) is 0.658. The average molecular weight is 78.0 g/mol. The molecule has 24 valence electrons. The summed E-state index contributed by atoms with van der Waals surface area (Å²) in [4.78, 5) is 7.45. The third-order valence-corrected chi connectivity index (χ3v) is 0. The highest BCUT2D eigenvalue weighted by Gasteiger charge is 1.55. The van der Waals surface area contributed by atoms with Crippen molar-refractivity contribution in [3.8, 4) is 0 Å². The Kier molecular flexibility index (Phi) is 1.25. The monoisotopic (exact) mass is 78.0 g/mol. The first kappa shape index (κ1) is 3.93. The Morgan fingerprint density at radius 3 is 2.00 bits per heavy atom. The zero-order valence-corrected chi connectivity index (χ0v) is 2.81. The van der Waals surface area contributed by atoms with E-state index in [1.165, 1.54) is 0 Å². The van der Waals surface area contributed by atoms with Crippen LogP contribution in [0.15, 0.2) is 0 Å². The summed E-state index contributed by atoms with van der Waals surface area (Å²) in [5.74, 6) is 0. The van der Waals surface area contributed by atoms with Crippen molar-refractivity contribution in [3.63, 3.8) is 0 Å². The van der Waals surface area contributed by atoms with Gasteiger partial charge in [0.05, 0.1) is 0 Å². The van der Waals surface area contributed by atoms with Crippen LogP contribution in [0.5, 0.6) is 0 Å². The van der Waals surface area contributed by atoms with Gasteiger partial charge in [-0.3, -0.25) is 0 Å². The molecule has 3 nitrogen and oxygen atoms in total. The third kappa shape index (κ3) is 341. The van der Waals surface area contributed by atoms with Gasteiger partial charge in [-0.1, -0.05) is 0 Å². The predicted molar refractivity (Wildman–Crippen MR) is 15.1 cm³/mol. The van der Waals surface area contributed by atoms with E-state index < -0.39 is 7.94 Å². The number of nitrogens with two attached hydrogens (primary N) is 1. The summed E-state index contributed by atoms with van der Waals surface area (Å²) in [6, 6.07) is 0. The quantitative estimate of drug-likeness (QED) is 0.392. The van der Waals surface area contributed by atoms with Crippen molar-refractivity contribution >= 4 is 7.94 Å². The number of rotatable bonds is 0. The lowest BCUT2D eigenvalue weighted by Gasteiger charge is -1.55. The molecule has 3 N–H and O–H groups in total. The zero-order chi connectivity index (χ0) is 3.58. The molecule has 0 fully saturated rings. The molecule has 0 amide bonds. The summed E-state index contributed by atoms with van der Waals surface area (Å²) < 4.78 is 0. The Bertz CT molecular complexity index is 52.2. The molecule has 1 atom stereocenters. The van der Waals surface area contributed by atoms with E-state index in [4.69, 9.17) is 9.90 Å². The number of nitrogens with zero attached hydrogens (tertiary/aromatic N) is 1. The van der Waals surface area contributed by atoms with Crippen molar-refractivity contribution in [2.75, 3.05) is 0 Å². The SMILES string of the molecule is N#P(N)O. The molecule has 4 heavy (non-hydrogen) atoms. The van der Waals surface area contributed by atoms with Gasteiger partial charge in [-0.05, 0) is 0 Å². The van der Waals surface area contributed by atoms with E-state index in [9.17, 15) is 0 Å². The Balaban J connectivity index is 3.02. The maximum absolute atomic E-state index is 7.45. The maximum atomic E-state index is 7.45. The molecule has 0 aromatic heterocycles. The molecule has 0 bridgehead atoms. The summed E-state index contributed by atoms with van der Waals surface area (Å²) in [5.41, 5.74) is 4.29. The highest BCUT2D eigenvalue weighted by molar-refractivity contribution is 7.33. The topological polar surface area (TPSA) is 70.0 Å². The fourth-order valence-corrected chi connectivity index (χ4v) is 0. The molecule has 0 aliphatic rings. The summed E-state index contributed by atoms with van der Waals surface area (Å²) in [7, 11) is -2.12. The van der Waals surface area contributed by atoms with Gasteiger partial charge in [0.2, 0.25) is 0 Å². The van der Waals surface area contributed by atoms with Crippen LogP contribution in [-0.2, 0) is 0 Å². The lowest BCUT2D eigenvalue weighted by Crippen LogP contribution is -1.65. The standard InChI is InChI=1S/H3N2OP/c1-4(2)3/h3H,1H2. The summed E-state index contributed by atoms with van der Waals surface area (Å²) in [6.45, 7) is 0.